The van der Waals surface area contributed by atoms with Crippen molar-refractivity contribution in [1.29, 1.82) is 0 Å². The lowest BCUT2D eigenvalue weighted by Crippen LogP contribution is -2.34. The summed E-state index contributed by atoms with van der Waals surface area (Å²) < 4.78 is 2.81. The summed E-state index contributed by atoms with van der Waals surface area (Å²) in [4.78, 5) is 17.3. The summed E-state index contributed by atoms with van der Waals surface area (Å²) in [6.07, 6.45) is 0. The van der Waals surface area contributed by atoms with Gasteiger partial charge in [-0.25, -0.2) is 4.98 Å². The van der Waals surface area contributed by atoms with Crippen LogP contribution in [0.25, 0.3) is 20.8 Å². The molecule has 0 radical (unpaired) electrons. The number of thiocarbonyl (C=S) groups is 1. The molecule has 3 aromatic carbocycles. The van der Waals surface area contributed by atoms with Crippen molar-refractivity contribution < 1.29 is 4.79 Å². The lowest BCUT2D eigenvalue weighted by molar-refractivity contribution is 0.0977. The maximum absolute atomic E-state index is 12.5. The molecular weight excluding hydrogens is 546 g/mol. The quantitative estimate of drug-likeness (QED) is 0.267. The van der Waals surface area contributed by atoms with Crippen LogP contribution in [0.1, 0.15) is 15.9 Å². The van der Waals surface area contributed by atoms with Crippen molar-refractivity contribution in [3.05, 3.63) is 80.7 Å². The van der Waals surface area contributed by atoms with Crippen molar-refractivity contribution in [3.8, 4) is 10.6 Å². The van der Waals surface area contributed by atoms with Gasteiger partial charge >= 0.3 is 0 Å². The Hall–Kier alpha value is -2.13. The summed E-state index contributed by atoms with van der Waals surface area (Å²) in [7, 11) is 0. The highest BCUT2D eigenvalue weighted by atomic mass is 79.9. The Morgan fingerprint density at radius 3 is 2.53 bits per heavy atom. The molecule has 0 aliphatic carbocycles. The van der Waals surface area contributed by atoms with Gasteiger partial charge in [0, 0.05) is 20.1 Å². The first-order chi connectivity index (χ1) is 14.4. The molecule has 2 N–H and O–H groups in total. The smallest absolute Gasteiger partial charge is 0.257 e. The van der Waals surface area contributed by atoms with Gasteiger partial charge in [-0.05, 0) is 71.5 Å². The minimum absolute atomic E-state index is 0.214. The zero-order chi connectivity index (χ0) is 21.3. The minimum atomic E-state index is -0.262. The van der Waals surface area contributed by atoms with E-state index in [2.05, 4.69) is 42.5 Å². The SMILES string of the molecule is Cc1ccc(C(=O)NC(=S)Nc2c(Br)cc(Br)cc2-c2nc3ccccc3s2)cc1. The number of aryl methyl sites for hydroxylation is 1. The largest absolute Gasteiger partial charge is 0.331 e. The van der Waals surface area contributed by atoms with Crippen molar-refractivity contribution in [2.45, 2.75) is 6.92 Å². The van der Waals surface area contributed by atoms with Crippen LogP contribution in [-0.4, -0.2) is 16.0 Å². The lowest BCUT2D eigenvalue weighted by atomic mass is 10.1. The van der Waals surface area contributed by atoms with Gasteiger partial charge in [0.25, 0.3) is 5.91 Å². The van der Waals surface area contributed by atoms with E-state index in [-0.39, 0.29) is 11.0 Å². The predicted octanol–water partition coefficient (Wildman–Crippen LogP) is 6.92. The van der Waals surface area contributed by atoms with E-state index in [1.54, 1.807) is 23.5 Å². The van der Waals surface area contributed by atoms with Crippen LogP contribution in [0.3, 0.4) is 0 Å². The maximum atomic E-state index is 12.5. The third-order valence-corrected chi connectivity index (χ3v) is 6.72. The average molecular weight is 561 g/mol. The molecule has 1 aromatic heterocycles. The summed E-state index contributed by atoms with van der Waals surface area (Å²) in [5, 5.41) is 6.97. The molecule has 0 aliphatic rings. The highest BCUT2D eigenvalue weighted by Gasteiger charge is 2.17. The van der Waals surface area contributed by atoms with Gasteiger partial charge in [-0.1, -0.05) is 45.8 Å². The first-order valence-electron chi connectivity index (χ1n) is 8.95. The highest BCUT2D eigenvalue weighted by molar-refractivity contribution is 9.11. The molecule has 150 valence electrons. The van der Waals surface area contributed by atoms with Crippen molar-refractivity contribution in [3.63, 3.8) is 0 Å². The summed E-state index contributed by atoms with van der Waals surface area (Å²) in [6.45, 7) is 1.97. The van der Waals surface area contributed by atoms with Crippen LogP contribution in [0.2, 0.25) is 0 Å². The zero-order valence-electron chi connectivity index (χ0n) is 15.7. The molecule has 30 heavy (non-hydrogen) atoms. The number of hydrogen-bond acceptors (Lipinski definition) is 4. The number of anilines is 1. The monoisotopic (exact) mass is 559 g/mol. The van der Waals surface area contributed by atoms with E-state index in [9.17, 15) is 4.79 Å². The molecule has 4 aromatic rings. The van der Waals surface area contributed by atoms with Crippen LogP contribution < -0.4 is 10.6 Å². The van der Waals surface area contributed by atoms with E-state index in [1.165, 1.54) is 0 Å². The second kappa shape index (κ2) is 8.93. The number of thiazole rings is 1. The van der Waals surface area contributed by atoms with Gasteiger partial charge in [-0.15, -0.1) is 11.3 Å². The second-order valence-electron chi connectivity index (χ2n) is 6.57. The van der Waals surface area contributed by atoms with E-state index >= 15 is 0 Å². The molecule has 4 rings (SSSR count). The predicted molar refractivity (Wildman–Crippen MR) is 135 cm³/mol. The number of carbonyl (C=O) groups excluding carboxylic acids is 1. The Morgan fingerprint density at radius 1 is 1.07 bits per heavy atom. The van der Waals surface area contributed by atoms with Crippen LogP contribution >= 0.6 is 55.4 Å². The van der Waals surface area contributed by atoms with Gasteiger partial charge in [0.1, 0.15) is 5.01 Å². The third-order valence-electron chi connectivity index (χ3n) is 4.36. The number of nitrogens with one attached hydrogen (secondary N) is 2. The lowest BCUT2D eigenvalue weighted by Gasteiger charge is -2.15. The Kier molecular flexibility index (Phi) is 6.29. The van der Waals surface area contributed by atoms with Gasteiger partial charge < -0.3 is 5.32 Å². The molecule has 0 atom stereocenters. The van der Waals surface area contributed by atoms with E-state index in [0.29, 0.717) is 5.56 Å². The zero-order valence-corrected chi connectivity index (χ0v) is 20.5. The number of fused-ring (bicyclic) bond motifs is 1. The molecular formula is C22H15Br2N3OS2. The molecule has 1 amide bonds. The number of aromatic nitrogens is 1. The molecule has 0 spiro atoms. The molecule has 0 saturated carbocycles. The Labute approximate surface area is 200 Å². The van der Waals surface area contributed by atoms with Crippen LogP contribution in [0.15, 0.2) is 69.6 Å². The van der Waals surface area contributed by atoms with E-state index < -0.39 is 0 Å². The van der Waals surface area contributed by atoms with Gasteiger partial charge in [0.2, 0.25) is 0 Å². The Balaban J connectivity index is 1.63. The first kappa shape index (κ1) is 21.1. The molecule has 0 aliphatic heterocycles. The number of nitrogens with zero attached hydrogens (tertiary/aromatic N) is 1. The maximum Gasteiger partial charge on any atom is 0.257 e. The normalized spacial score (nSPS) is 10.8. The number of carbonyl (C=O) groups is 1. The average Bonchev–Trinajstić information content (AvgIpc) is 3.14. The fourth-order valence-corrected chi connectivity index (χ4v) is 5.39. The Bertz CT molecular complexity index is 1240. The number of halogens is 2. The molecule has 0 bridgehead atoms. The summed E-state index contributed by atoms with van der Waals surface area (Å²) in [5.74, 6) is -0.262. The molecule has 0 fully saturated rings. The van der Waals surface area contributed by atoms with Crippen molar-refractivity contribution >= 4 is 82.3 Å². The number of para-hydroxylation sites is 1. The van der Waals surface area contributed by atoms with Crippen LogP contribution in [0.5, 0.6) is 0 Å². The number of benzene rings is 3. The highest BCUT2D eigenvalue weighted by Crippen LogP contribution is 2.40. The summed E-state index contributed by atoms with van der Waals surface area (Å²) in [6, 6.07) is 19.2. The van der Waals surface area contributed by atoms with Gasteiger partial charge in [0.15, 0.2) is 5.11 Å². The van der Waals surface area contributed by atoms with Crippen molar-refractivity contribution in [2.24, 2.45) is 0 Å². The van der Waals surface area contributed by atoms with E-state index in [1.807, 2.05) is 55.5 Å². The molecule has 0 saturated heterocycles. The second-order valence-corrected chi connectivity index (χ2v) is 9.78. The van der Waals surface area contributed by atoms with E-state index in [4.69, 9.17) is 17.2 Å². The summed E-state index contributed by atoms with van der Waals surface area (Å²) in [5.41, 5.74) is 4.20. The number of hydrogen-bond donors (Lipinski definition) is 2. The number of amides is 1. The van der Waals surface area contributed by atoms with Crippen LogP contribution in [0.4, 0.5) is 5.69 Å². The third kappa shape index (κ3) is 4.62. The summed E-state index contributed by atoms with van der Waals surface area (Å²) >= 11 is 14.2. The van der Waals surface area contributed by atoms with Crippen LogP contribution in [-0.2, 0) is 0 Å². The fourth-order valence-electron chi connectivity index (χ4n) is 2.88. The Morgan fingerprint density at radius 2 is 1.80 bits per heavy atom. The van der Waals surface area contributed by atoms with Crippen LogP contribution in [0, 0.1) is 6.92 Å². The first-order valence-corrected chi connectivity index (χ1v) is 11.8. The van der Waals surface area contributed by atoms with Gasteiger partial charge in [-0.3, -0.25) is 10.1 Å². The fraction of sp³-hybridized carbons (Fsp3) is 0.0455. The van der Waals surface area contributed by atoms with Crippen molar-refractivity contribution in [1.82, 2.24) is 10.3 Å². The van der Waals surface area contributed by atoms with Gasteiger partial charge in [-0.2, -0.15) is 0 Å². The molecule has 0 unspecified atom stereocenters. The minimum Gasteiger partial charge on any atom is -0.331 e. The van der Waals surface area contributed by atoms with Crippen molar-refractivity contribution in [2.75, 3.05) is 5.32 Å². The van der Waals surface area contributed by atoms with E-state index in [0.717, 1.165) is 41.0 Å². The molecule has 1 heterocycles. The topological polar surface area (TPSA) is 54.0 Å². The standard InChI is InChI=1S/C22H15Br2N3OS2/c1-12-6-8-13(9-7-12)20(28)27-22(29)26-19-15(10-14(23)11-16(19)24)21-25-17-4-2-3-5-18(17)30-21/h2-11H,1H3,(H2,26,27,28,29). The number of rotatable bonds is 3. The molecule has 4 nitrogen and oxygen atoms in total. The molecule has 8 heteroatoms. The van der Waals surface area contributed by atoms with Gasteiger partial charge in [0.05, 0.1) is 15.9 Å².